The number of aromatic hydroxyl groups is 1. The van der Waals surface area contributed by atoms with Gasteiger partial charge in [-0.15, -0.1) is 0 Å². The minimum Gasteiger partial charge on any atom is -0.508 e. The van der Waals surface area contributed by atoms with Crippen LogP contribution in [0.25, 0.3) is 0 Å². The number of nitrogens with zero attached hydrogens (tertiary/aromatic N) is 1. The largest absolute Gasteiger partial charge is 0.508 e. The molecule has 0 bridgehead atoms. The zero-order valence-electron chi connectivity index (χ0n) is 15.4. The van der Waals surface area contributed by atoms with Gasteiger partial charge in [0.2, 0.25) is 11.8 Å². The van der Waals surface area contributed by atoms with Crippen molar-refractivity contribution in [2.75, 3.05) is 6.54 Å². The maximum atomic E-state index is 13.5. The molecule has 2 N–H and O–H groups in total. The van der Waals surface area contributed by atoms with Crippen molar-refractivity contribution in [1.29, 1.82) is 0 Å². The number of phenols is 1. The van der Waals surface area contributed by atoms with Crippen molar-refractivity contribution in [3.05, 3.63) is 64.7 Å². The van der Waals surface area contributed by atoms with Crippen LogP contribution in [0.2, 0.25) is 0 Å². The fraction of sp³-hybridized carbons (Fsp3) is 0.364. The van der Waals surface area contributed by atoms with E-state index < -0.39 is 6.04 Å². The van der Waals surface area contributed by atoms with Crippen LogP contribution in [0.15, 0.2) is 42.5 Å². The number of nitrogens with one attached hydrogen (secondary N) is 1. The normalized spacial score (nSPS) is 20.7. The summed E-state index contributed by atoms with van der Waals surface area (Å²) in [5.41, 5.74) is 3.96. The van der Waals surface area contributed by atoms with Gasteiger partial charge < -0.3 is 15.3 Å². The van der Waals surface area contributed by atoms with Crippen LogP contribution in [0.3, 0.4) is 0 Å². The van der Waals surface area contributed by atoms with Gasteiger partial charge in [0.25, 0.3) is 0 Å². The topological polar surface area (TPSA) is 69.6 Å². The first-order valence-electron chi connectivity index (χ1n) is 9.56. The van der Waals surface area contributed by atoms with Crippen LogP contribution in [0.4, 0.5) is 0 Å². The van der Waals surface area contributed by atoms with E-state index in [1.165, 1.54) is 0 Å². The van der Waals surface area contributed by atoms with Gasteiger partial charge in [-0.05, 0) is 42.5 Å². The first-order valence-corrected chi connectivity index (χ1v) is 9.56. The van der Waals surface area contributed by atoms with Gasteiger partial charge in [-0.25, -0.2) is 0 Å². The molecule has 2 aliphatic rings. The van der Waals surface area contributed by atoms with Crippen LogP contribution in [0.5, 0.6) is 5.75 Å². The van der Waals surface area contributed by atoms with Crippen molar-refractivity contribution in [3.63, 3.8) is 0 Å². The minimum atomic E-state index is -0.512. The number of benzene rings is 2. The zero-order chi connectivity index (χ0) is 19.0. The lowest BCUT2D eigenvalue weighted by Gasteiger charge is -2.37. The van der Waals surface area contributed by atoms with Gasteiger partial charge in [-0.2, -0.15) is 0 Å². The molecule has 1 heterocycles. The molecule has 140 valence electrons. The number of rotatable bonds is 3. The van der Waals surface area contributed by atoms with E-state index in [1.54, 1.807) is 11.0 Å². The highest BCUT2D eigenvalue weighted by atomic mass is 16.3. The van der Waals surface area contributed by atoms with Crippen LogP contribution >= 0.6 is 0 Å². The molecule has 2 atom stereocenters. The highest BCUT2D eigenvalue weighted by Crippen LogP contribution is 2.41. The van der Waals surface area contributed by atoms with Gasteiger partial charge in [-0.3, -0.25) is 9.59 Å². The van der Waals surface area contributed by atoms with Crippen LogP contribution in [-0.4, -0.2) is 34.4 Å². The van der Waals surface area contributed by atoms with Crippen molar-refractivity contribution in [2.45, 2.75) is 44.7 Å². The zero-order valence-corrected chi connectivity index (χ0v) is 15.4. The standard InChI is InChI=1S/C22H24N2O3/c1-2-23-21(26)18-12-15-6-3-4-7-16(15)13-24(18)22(27)17-11-10-14-8-5-9-19(25)20(14)17/h3-9,17-18,25H,2,10-13H2,1H3,(H,23,26)/t17?,18-/m1/s1. The van der Waals surface area contributed by atoms with Gasteiger partial charge in [-0.1, -0.05) is 36.4 Å². The van der Waals surface area contributed by atoms with Crippen LogP contribution in [0, 0.1) is 0 Å². The van der Waals surface area contributed by atoms with Crippen molar-refractivity contribution >= 4 is 11.8 Å². The summed E-state index contributed by atoms with van der Waals surface area (Å²) in [4.78, 5) is 27.9. The minimum absolute atomic E-state index is 0.0685. The molecule has 0 spiro atoms. The number of phenolic OH excluding ortho intramolecular Hbond substituents is 1. The Morgan fingerprint density at radius 3 is 2.63 bits per heavy atom. The number of fused-ring (bicyclic) bond motifs is 2. The van der Waals surface area contributed by atoms with E-state index in [4.69, 9.17) is 0 Å². The summed E-state index contributed by atoms with van der Waals surface area (Å²) < 4.78 is 0. The average Bonchev–Trinajstić information content (AvgIpc) is 3.12. The summed E-state index contributed by atoms with van der Waals surface area (Å²) in [7, 11) is 0. The number of amides is 2. The fourth-order valence-electron chi connectivity index (χ4n) is 4.39. The number of hydrogen-bond acceptors (Lipinski definition) is 3. The number of carbonyl (C=O) groups excluding carboxylic acids is 2. The van der Waals surface area contributed by atoms with Crippen molar-refractivity contribution in [2.24, 2.45) is 0 Å². The molecule has 0 fully saturated rings. The molecule has 1 aliphatic carbocycles. The number of carbonyl (C=O) groups is 2. The molecule has 0 saturated carbocycles. The highest BCUT2D eigenvalue weighted by Gasteiger charge is 2.40. The number of likely N-dealkylation sites (N-methyl/N-ethyl adjacent to an activating group) is 1. The van der Waals surface area contributed by atoms with E-state index in [9.17, 15) is 14.7 Å². The first-order chi connectivity index (χ1) is 13.1. The van der Waals surface area contributed by atoms with E-state index in [0.717, 1.165) is 28.7 Å². The van der Waals surface area contributed by atoms with E-state index in [1.807, 2.05) is 43.3 Å². The predicted molar refractivity (Wildman–Crippen MR) is 102 cm³/mol. The Bertz CT molecular complexity index is 893. The molecule has 0 radical (unpaired) electrons. The molecule has 5 heteroatoms. The molecule has 2 amide bonds. The summed E-state index contributed by atoms with van der Waals surface area (Å²) in [5, 5.41) is 13.2. The highest BCUT2D eigenvalue weighted by molar-refractivity contribution is 5.92. The summed E-state index contributed by atoms with van der Waals surface area (Å²) in [6.45, 7) is 2.84. The third-order valence-corrected chi connectivity index (χ3v) is 5.71. The molecule has 0 saturated heterocycles. The predicted octanol–water partition coefficient (Wildman–Crippen LogP) is 2.51. The lowest BCUT2D eigenvalue weighted by atomic mass is 9.90. The average molecular weight is 364 g/mol. The summed E-state index contributed by atoms with van der Waals surface area (Å²) >= 11 is 0. The van der Waals surface area contributed by atoms with Crippen LogP contribution < -0.4 is 5.32 Å². The Kier molecular flexibility index (Phi) is 4.60. The van der Waals surface area contributed by atoms with Gasteiger partial charge in [0.15, 0.2) is 0 Å². The Morgan fingerprint density at radius 1 is 1.11 bits per heavy atom. The maximum absolute atomic E-state index is 13.5. The van der Waals surface area contributed by atoms with Gasteiger partial charge in [0, 0.05) is 25.1 Å². The lowest BCUT2D eigenvalue weighted by Crippen LogP contribution is -2.53. The third kappa shape index (κ3) is 3.07. The second-order valence-electron chi connectivity index (χ2n) is 7.29. The van der Waals surface area contributed by atoms with E-state index >= 15 is 0 Å². The summed E-state index contributed by atoms with van der Waals surface area (Å²) in [6, 6.07) is 12.9. The quantitative estimate of drug-likeness (QED) is 0.879. The fourth-order valence-corrected chi connectivity index (χ4v) is 4.39. The summed E-state index contributed by atoms with van der Waals surface area (Å²) in [6.07, 6.45) is 1.97. The smallest absolute Gasteiger partial charge is 0.243 e. The molecule has 27 heavy (non-hydrogen) atoms. The Hall–Kier alpha value is -2.82. The van der Waals surface area contributed by atoms with Gasteiger partial charge in [0.1, 0.15) is 11.8 Å². The van der Waals surface area contributed by atoms with Crippen molar-refractivity contribution in [3.8, 4) is 5.75 Å². The van der Waals surface area contributed by atoms with Crippen molar-refractivity contribution < 1.29 is 14.7 Å². The Balaban J connectivity index is 1.68. The maximum Gasteiger partial charge on any atom is 0.243 e. The molecule has 1 unspecified atom stereocenters. The van der Waals surface area contributed by atoms with E-state index in [0.29, 0.717) is 25.9 Å². The van der Waals surface area contributed by atoms with Crippen molar-refractivity contribution in [1.82, 2.24) is 10.2 Å². The third-order valence-electron chi connectivity index (χ3n) is 5.71. The molecule has 0 aromatic heterocycles. The SMILES string of the molecule is CCNC(=O)[C@H]1Cc2ccccc2CN1C(=O)C1CCc2cccc(O)c21. The second-order valence-corrected chi connectivity index (χ2v) is 7.29. The van der Waals surface area contributed by atoms with Crippen LogP contribution in [0.1, 0.15) is 41.5 Å². The number of aryl methyl sites for hydroxylation is 1. The Labute approximate surface area is 159 Å². The number of hydrogen-bond donors (Lipinski definition) is 2. The van der Waals surface area contributed by atoms with Gasteiger partial charge >= 0.3 is 0 Å². The molecule has 5 nitrogen and oxygen atoms in total. The van der Waals surface area contributed by atoms with E-state index in [-0.39, 0.29) is 23.5 Å². The lowest BCUT2D eigenvalue weighted by molar-refractivity contribution is -0.143. The second kappa shape index (κ2) is 7.06. The Morgan fingerprint density at radius 2 is 1.85 bits per heavy atom. The molecular formula is C22H24N2O3. The molecule has 4 rings (SSSR count). The molecule has 2 aromatic carbocycles. The molecule has 2 aromatic rings. The molecular weight excluding hydrogens is 340 g/mol. The first kappa shape index (κ1) is 17.6. The molecule has 1 aliphatic heterocycles. The monoisotopic (exact) mass is 364 g/mol. The van der Waals surface area contributed by atoms with Crippen LogP contribution in [-0.2, 0) is 29.0 Å². The van der Waals surface area contributed by atoms with E-state index in [2.05, 4.69) is 5.32 Å². The van der Waals surface area contributed by atoms with Gasteiger partial charge in [0.05, 0.1) is 5.92 Å². The summed E-state index contributed by atoms with van der Waals surface area (Å²) in [5.74, 6) is -0.393.